The number of nitrogen functional groups attached to an aromatic ring is 1. The molecular weight excluding hydrogens is 186 g/mol. The largest absolute Gasteiger partial charge is 0.385 e. The topological polar surface area (TPSA) is 43.8 Å². The minimum atomic E-state index is 0.0141. The van der Waals surface area contributed by atoms with Gasteiger partial charge in [0.2, 0.25) is 0 Å². The summed E-state index contributed by atoms with van der Waals surface area (Å²) in [5, 5.41) is 1.11. The van der Waals surface area contributed by atoms with Crippen molar-refractivity contribution in [1.82, 2.24) is 9.55 Å². The minimum absolute atomic E-state index is 0.0141. The van der Waals surface area contributed by atoms with E-state index in [1.54, 1.807) is 0 Å². The molecule has 0 bridgehead atoms. The average molecular weight is 203 g/mol. The maximum Gasteiger partial charge on any atom is 0.141 e. The molecule has 2 N–H and O–H groups in total. The first kappa shape index (κ1) is 10.0. The van der Waals surface area contributed by atoms with Crippen LogP contribution in [0, 0.1) is 0 Å². The summed E-state index contributed by atoms with van der Waals surface area (Å²) in [5.41, 5.74) is 7.03. The molecule has 2 aromatic heterocycles. The molecule has 0 aliphatic rings. The van der Waals surface area contributed by atoms with Crippen molar-refractivity contribution >= 4 is 16.9 Å². The van der Waals surface area contributed by atoms with Gasteiger partial charge in [-0.1, -0.05) is 6.92 Å². The predicted molar refractivity (Wildman–Crippen MR) is 63.8 cm³/mol. The summed E-state index contributed by atoms with van der Waals surface area (Å²) in [6.07, 6.45) is 2.83. The molecule has 0 spiro atoms. The van der Waals surface area contributed by atoms with Gasteiger partial charge in [-0.3, -0.25) is 0 Å². The van der Waals surface area contributed by atoms with Crippen molar-refractivity contribution < 1.29 is 0 Å². The van der Waals surface area contributed by atoms with Gasteiger partial charge < -0.3 is 10.3 Å². The second-order valence-corrected chi connectivity index (χ2v) is 4.49. The van der Waals surface area contributed by atoms with Gasteiger partial charge in [0.15, 0.2) is 0 Å². The van der Waals surface area contributed by atoms with Crippen molar-refractivity contribution in [2.75, 3.05) is 5.73 Å². The molecule has 0 amide bonds. The van der Waals surface area contributed by atoms with Crippen LogP contribution in [0.2, 0.25) is 0 Å². The zero-order chi connectivity index (χ0) is 11.1. The second kappa shape index (κ2) is 3.26. The summed E-state index contributed by atoms with van der Waals surface area (Å²) in [4.78, 5) is 4.40. The molecule has 80 valence electrons. The van der Waals surface area contributed by atoms with E-state index >= 15 is 0 Å². The fraction of sp³-hybridized carbons (Fsp3) is 0.417. The number of nitrogens with zero attached hydrogens (tertiary/aromatic N) is 2. The smallest absolute Gasteiger partial charge is 0.141 e. The summed E-state index contributed by atoms with van der Waals surface area (Å²) in [6, 6.07) is 5.96. The molecule has 2 heterocycles. The SMILES string of the molecule is CCC(C)(C)n1c(N)cc2cccnc21. The average Bonchev–Trinajstić information content (AvgIpc) is 2.54. The zero-order valence-electron chi connectivity index (χ0n) is 9.49. The van der Waals surface area contributed by atoms with Crippen molar-refractivity contribution in [3.63, 3.8) is 0 Å². The number of fused-ring (bicyclic) bond motifs is 1. The Kier molecular flexibility index (Phi) is 2.18. The Balaban J connectivity index is 2.74. The molecule has 3 heteroatoms. The summed E-state index contributed by atoms with van der Waals surface area (Å²) < 4.78 is 2.11. The Morgan fingerprint density at radius 2 is 2.20 bits per heavy atom. The van der Waals surface area contributed by atoms with E-state index in [4.69, 9.17) is 5.73 Å². The fourth-order valence-corrected chi connectivity index (χ4v) is 1.85. The van der Waals surface area contributed by atoms with Gasteiger partial charge in [0.05, 0.1) is 0 Å². The summed E-state index contributed by atoms with van der Waals surface area (Å²) in [7, 11) is 0. The van der Waals surface area contributed by atoms with E-state index in [0.29, 0.717) is 0 Å². The molecule has 0 saturated carbocycles. The lowest BCUT2D eigenvalue weighted by Gasteiger charge is -2.27. The van der Waals surface area contributed by atoms with Gasteiger partial charge in [-0.15, -0.1) is 0 Å². The van der Waals surface area contributed by atoms with Crippen LogP contribution in [0.3, 0.4) is 0 Å². The summed E-state index contributed by atoms with van der Waals surface area (Å²) in [5.74, 6) is 0.788. The standard InChI is InChI=1S/C12H17N3/c1-4-12(2,3)15-10(13)8-9-6-5-7-14-11(9)15/h5-8H,4,13H2,1-3H3. The highest BCUT2D eigenvalue weighted by Gasteiger charge is 2.22. The maximum absolute atomic E-state index is 6.04. The third-order valence-corrected chi connectivity index (χ3v) is 3.06. The molecular formula is C12H17N3. The van der Waals surface area contributed by atoms with E-state index in [1.165, 1.54) is 0 Å². The quantitative estimate of drug-likeness (QED) is 0.815. The van der Waals surface area contributed by atoms with Gasteiger partial charge in [-0.05, 0) is 38.5 Å². The molecule has 0 aliphatic carbocycles. The Morgan fingerprint density at radius 3 is 2.87 bits per heavy atom. The lowest BCUT2D eigenvalue weighted by Crippen LogP contribution is -2.26. The monoisotopic (exact) mass is 203 g/mol. The molecule has 0 fully saturated rings. The first-order valence-corrected chi connectivity index (χ1v) is 5.28. The first-order valence-electron chi connectivity index (χ1n) is 5.28. The van der Waals surface area contributed by atoms with Crippen molar-refractivity contribution in [2.45, 2.75) is 32.7 Å². The third kappa shape index (κ3) is 1.48. The third-order valence-electron chi connectivity index (χ3n) is 3.06. The summed E-state index contributed by atoms with van der Waals surface area (Å²) in [6.45, 7) is 6.52. The molecule has 3 nitrogen and oxygen atoms in total. The van der Waals surface area contributed by atoms with Gasteiger partial charge in [-0.2, -0.15) is 0 Å². The van der Waals surface area contributed by atoms with Crippen LogP contribution in [0.15, 0.2) is 24.4 Å². The van der Waals surface area contributed by atoms with Gasteiger partial charge >= 0.3 is 0 Å². The minimum Gasteiger partial charge on any atom is -0.385 e. The number of pyridine rings is 1. The van der Waals surface area contributed by atoms with Crippen LogP contribution in [-0.2, 0) is 5.54 Å². The highest BCUT2D eigenvalue weighted by atomic mass is 15.1. The molecule has 0 aliphatic heterocycles. The Bertz CT molecular complexity index is 483. The molecule has 0 atom stereocenters. The van der Waals surface area contributed by atoms with E-state index in [-0.39, 0.29) is 5.54 Å². The highest BCUT2D eigenvalue weighted by molar-refractivity contribution is 5.81. The van der Waals surface area contributed by atoms with Crippen molar-refractivity contribution in [3.8, 4) is 0 Å². The van der Waals surface area contributed by atoms with E-state index in [1.807, 2.05) is 24.4 Å². The second-order valence-electron chi connectivity index (χ2n) is 4.49. The van der Waals surface area contributed by atoms with Crippen LogP contribution < -0.4 is 5.73 Å². The van der Waals surface area contributed by atoms with Crippen LogP contribution in [-0.4, -0.2) is 9.55 Å². The summed E-state index contributed by atoms with van der Waals surface area (Å²) >= 11 is 0. The van der Waals surface area contributed by atoms with Crippen molar-refractivity contribution in [3.05, 3.63) is 24.4 Å². The molecule has 0 saturated heterocycles. The lowest BCUT2D eigenvalue weighted by molar-refractivity contribution is 0.357. The number of aromatic nitrogens is 2. The van der Waals surface area contributed by atoms with Gasteiger partial charge in [0, 0.05) is 17.1 Å². The lowest BCUT2D eigenvalue weighted by atomic mass is 10.0. The molecule has 15 heavy (non-hydrogen) atoms. The number of hydrogen-bond donors (Lipinski definition) is 1. The molecule has 2 rings (SSSR count). The number of anilines is 1. The van der Waals surface area contributed by atoms with E-state index in [9.17, 15) is 0 Å². The highest BCUT2D eigenvalue weighted by Crippen LogP contribution is 2.29. The van der Waals surface area contributed by atoms with Crippen LogP contribution in [0.5, 0.6) is 0 Å². The number of rotatable bonds is 2. The first-order chi connectivity index (χ1) is 7.06. The van der Waals surface area contributed by atoms with Crippen molar-refractivity contribution in [2.24, 2.45) is 0 Å². The van der Waals surface area contributed by atoms with Crippen LogP contribution in [0.4, 0.5) is 5.82 Å². The molecule has 0 unspecified atom stereocenters. The van der Waals surface area contributed by atoms with Crippen molar-refractivity contribution in [1.29, 1.82) is 0 Å². The van der Waals surface area contributed by atoms with E-state index < -0.39 is 0 Å². The van der Waals surface area contributed by atoms with Gasteiger partial charge in [0.25, 0.3) is 0 Å². The van der Waals surface area contributed by atoms with Crippen LogP contribution >= 0.6 is 0 Å². The number of nitrogens with two attached hydrogens (primary N) is 1. The molecule has 2 aromatic rings. The number of hydrogen-bond acceptors (Lipinski definition) is 2. The maximum atomic E-state index is 6.04. The van der Waals surface area contributed by atoms with Crippen LogP contribution in [0.25, 0.3) is 11.0 Å². The zero-order valence-corrected chi connectivity index (χ0v) is 9.49. The molecule has 0 radical (unpaired) electrons. The van der Waals surface area contributed by atoms with E-state index in [0.717, 1.165) is 23.3 Å². The van der Waals surface area contributed by atoms with Gasteiger partial charge in [-0.25, -0.2) is 4.98 Å². The van der Waals surface area contributed by atoms with Gasteiger partial charge in [0.1, 0.15) is 11.5 Å². The Labute approximate surface area is 89.9 Å². The fourth-order valence-electron chi connectivity index (χ4n) is 1.85. The Hall–Kier alpha value is -1.51. The van der Waals surface area contributed by atoms with E-state index in [2.05, 4.69) is 30.3 Å². The predicted octanol–water partition coefficient (Wildman–Crippen LogP) is 2.76. The molecule has 0 aromatic carbocycles. The Morgan fingerprint density at radius 1 is 1.47 bits per heavy atom. The normalized spacial score (nSPS) is 12.2. The van der Waals surface area contributed by atoms with Crippen LogP contribution in [0.1, 0.15) is 27.2 Å².